The number of aromatic carboxylic acids is 1. The largest absolute Gasteiger partial charge is 0.506 e. The summed E-state index contributed by atoms with van der Waals surface area (Å²) in [6.07, 6.45) is 2.73. The van der Waals surface area contributed by atoms with E-state index in [-0.39, 0.29) is 17.0 Å². The molecule has 0 aromatic heterocycles. The van der Waals surface area contributed by atoms with Gasteiger partial charge in [-0.1, -0.05) is 29.3 Å². The number of halogens is 2. The highest BCUT2D eigenvalue weighted by Crippen LogP contribution is 2.25. The molecule has 0 fully saturated rings. The van der Waals surface area contributed by atoms with Crippen LogP contribution in [0, 0.1) is 0 Å². The van der Waals surface area contributed by atoms with Crippen molar-refractivity contribution in [3.8, 4) is 5.75 Å². The Morgan fingerprint density at radius 2 is 1.83 bits per heavy atom. The van der Waals surface area contributed by atoms with Crippen LogP contribution in [0.4, 0.5) is 5.69 Å². The van der Waals surface area contributed by atoms with Crippen molar-refractivity contribution >= 4 is 46.8 Å². The first-order valence-electron chi connectivity index (χ1n) is 6.37. The van der Waals surface area contributed by atoms with Crippen molar-refractivity contribution in [3.05, 3.63) is 63.6 Å². The Hall–Kier alpha value is -2.50. The normalized spacial score (nSPS) is 10.7. The fourth-order valence-corrected chi connectivity index (χ4v) is 2.22. The maximum atomic E-state index is 11.8. The number of carbonyl (C=O) groups is 2. The van der Waals surface area contributed by atoms with Crippen LogP contribution >= 0.6 is 23.2 Å². The molecule has 0 saturated carbocycles. The minimum absolute atomic E-state index is 0.0796. The number of aromatic hydroxyl groups is 1. The van der Waals surface area contributed by atoms with Gasteiger partial charge in [0.25, 0.3) is 0 Å². The first-order chi connectivity index (χ1) is 10.9. The number of benzene rings is 2. The van der Waals surface area contributed by atoms with Gasteiger partial charge in [0, 0.05) is 16.1 Å². The molecule has 0 bridgehead atoms. The maximum absolute atomic E-state index is 11.8. The molecule has 0 aliphatic heterocycles. The molecule has 0 aliphatic rings. The van der Waals surface area contributed by atoms with E-state index in [1.165, 1.54) is 24.3 Å². The van der Waals surface area contributed by atoms with Crippen LogP contribution in [0.3, 0.4) is 0 Å². The first kappa shape index (κ1) is 16.9. The number of nitrogens with one attached hydrogen (secondary N) is 1. The van der Waals surface area contributed by atoms with E-state index in [9.17, 15) is 14.7 Å². The van der Waals surface area contributed by atoms with E-state index in [0.29, 0.717) is 15.6 Å². The monoisotopic (exact) mass is 351 g/mol. The number of phenols is 1. The van der Waals surface area contributed by atoms with Gasteiger partial charge in [-0.2, -0.15) is 0 Å². The Balaban J connectivity index is 2.10. The third-order valence-electron chi connectivity index (χ3n) is 2.88. The number of anilines is 1. The lowest BCUT2D eigenvalue weighted by Crippen LogP contribution is -2.08. The lowest BCUT2D eigenvalue weighted by Gasteiger charge is -2.06. The van der Waals surface area contributed by atoms with Crippen LogP contribution in [0.15, 0.2) is 42.5 Å². The highest BCUT2D eigenvalue weighted by Gasteiger charge is 2.09. The summed E-state index contributed by atoms with van der Waals surface area (Å²) in [4.78, 5) is 22.6. The number of amides is 1. The molecule has 0 saturated heterocycles. The Kier molecular flexibility index (Phi) is 5.26. The molecule has 0 heterocycles. The molecule has 0 aliphatic carbocycles. The fraction of sp³-hybridized carbons (Fsp3) is 0. The van der Waals surface area contributed by atoms with Crippen LogP contribution in [0.5, 0.6) is 5.75 Å². The van der Waals surface area contributed by atoms with Crippen molar-refractivity contribution < 1.29 is 19.8 Å². The topological polar surface area (TPSA) is 86.6 Å². The lowest BCUT2D eigenvalue weighted by atomic mass is 10.2. The summed E-state index contributed by atoms with van der Waals surface area (Å²) >= 11 is 11.8. The maximum Gasteiger partial charge on any atom is 0.335 e. The Labute approximate surface area is 141 Å². The number of hydrogen-bond donors (Lipinski definition) is 3. The zero-order valence-corrected chi connectivity index (χ0v) is 13.1. The zero-order valence-electron chi connectivity index (χ0n) is 11.6. The second kappa shape index (κ2) is 7.17. The molecule has 118 valence electrons. The summed E-state index contributed by atoms with van der Waals surface area (Å²) < 4.78 is 0. The second-order valence-corrected chi connectivity index (χ2v) is 5.37. The van der Waals surface area contributed by atoms with Gasteiger partial charge in [0.1, 0.15) is 5.75 Å². The summed E-state index contributed by atoms with van der Waals surface area (Å²) in [5, 5.41) is 21.8. The summed E-state index contributed by atoms with van der Waals surface area (Å²) in [5.74, 6) is -2.01. The van der Waals surface area contributed by atoms with Gasteiger partial charge in [0.05, 0.1) is 11.3 Å². The predicted molar refractivity (Wildman–Crippen MR) is 89.2 cm³/mol. The van der Waals surface area contributed by atoms with Crippen LogP contribution in [0.1, 0.15) is 15.9 Å². The minimum Gasteiger partial charge on any atom is -0.506 e. The minimum atomic E-state index is -1.17. The van der Waals surface area contributed by atoms with Crippen molar-refractivity contribution in [1.29, 1.82) is 0 Å². The van der Waals surface area contributed by atoms with E-state index in [0.717, 1.165) is 6.07 Å². The molecule has 2 aromatic rings. The quantitative estimate of drug-likeness (QED) is 0.572. The van der Waals surface area contributed by atoms with E-state index in [4.69, 9.17) is 28.3 Å². The third-order valence-corrected chi connectivity index (χ3v) is 3.44. The summed E-state index contributed by atoms with van der Waals surface area (Å²) in [5.41, 5.74) is 0.632. The molecule has 0 spiro atoms. The number of carboxylic acids is 1. The van der Waals surface area contributed by atoms with Crippen LogP contribution in [-0.4, -0.2) is 22.1 Å². The molecule has 0 unspecified atom stereocenters. The predicted octanol–water partition coefficient (Wildman–Crippen LogP) is 4.05. The van der Waals surface area contributed by atoms with Gasteiger partial charge in [-0.05, 0) is 42.0 Å². The van der Waals surface area contributed by atoms with Crippen LogP contribution < -0.4 is 5.32 Å². The van der Waals surface area contributed by atoms with Crippen LogP contribution in [0.2, 0.25) is 10.0 Å². The van der Waals surface area contributed by atoms with E-state index in [1.807, 2.05) is 0 Å². The molecule has 2 aromatic carbocycles. The Morgan fingerprint density at radius 1 is 1.09 bits per heavy atom. The van der Waals surface area contributed by atoms with E-state index in [1.54, 1.807) is 18.2 Å². The zero-order chi connectivity index (χ0) is 17.0. The standard InChI is InChI=1S/C16H11Cl2NO4/c17-11-4-1-9(12(18)8-11)3-6-15(21)19-13-5-2-10(16(22)23)7-14(13)20/h1-8,20H,(H,19,21)(H,22,23)/b6-3+. The molecular formula is C16H11Cl2NO4. The molecule has 2 rings (SSSR count). The van der Waals surface area contributed by atoms with Crippen molar-refractivity contribution in [2.75, 3.05) is 5.32 Å². The summed E-state index contributed by atoms with van der Waals surface area (Å²) in [6, 6.07) is 8.49. The SMILES string of the molecule is O=C(/C=C/c1ccc(Cl)cc1Cl)Nc1ccc(C(=O)O)cc1O. The molecule has 5 nitrogen and oxygen atoms in total. The van der Waals surface area contributed by atoms with Gasteiger partial charge in [-0.15, -0.1) is 0 Å². The van der Waals surface area contributed by atoms with Crippen molar-refractivity contribution in [1.82, 2.24) is 0 Å². The van der Waals surface area contributed by atoms with E-state index in [2.05, 4.69) is 5.32 Å². The second-order valence-electron chi connectivity index (χ2n) is 4.53. The van der Waals surface area contributed by atoms with E-state index >= 15 is 0 Å². The number of hydrogen-bond acceptors (Lipinski definition) is 3. The van der Waals surface area contributed by atoms with Gasteiger partial charge >= 0.3 is 5.97 Å². The summed E-state index contributed by atoms with van der Waals surface area (Å²) in [7, 11) is 0. The van der Waals surface area contributed by atoms with Crippen LogP contribution in [0.25, 0.3) is 6.08 Å². The molecule has 23 heavy (non-hydrogen) atoms. The number of rotatable bonds is 4. The van der Waals surface area contributed by atoms with Crippen molar-refractivity contribution in [2.45, 2.75) is 0 Å². The molecule has 0 radical (unpaired) electrons. The molecule has 0 atom stereocenters. The van der Waals surface area contributed by atoms with Crippen molar-refractivity contribution in [3.63, 3.8) is 0 Å². The van der Waals surface area contributed by atoms with Gasteiger partial charge in [-0.25, -0.2) is 4.79 Å². The first-order valence-corrected chi connectivity index (χ1v) is 7.13. The van der Waals surface area contributed by atoms with Crippen molar-refractivity contribution in [2.24, 2.45) is 0 Å². The highest BCUT2D eigenvalue weighted by molar-refractivity contribution is 6.35. The molecular weight excluding hydrogens is 341 g/mol. The molecule has 7 heteroatoms. The van der Waals surface area contributed by atoms with Gasteiger partial charge in [0.2, 0.25) is 5.91 Å². The molecule has 1 amide bonds. The lowest BCUT2D eigenvalue weighted by molar-refractivity contribution is -0.111. The van der Waals surface area contributed by atoms with Gasteiger partial charge in [-0.3, -0.25) is 4.79 Å². The fourth-order valence-electron chi connectivity index (χ4n) is 1.75. The average molecular weight is 352 g/mol. The third kappa shape index (κ3) is 4.48. The number of carboxylic acid groups (broad SMARTS) is 1. The molecule has 3 N–H and O–H groups in total. The summed E-state index contributed by atoms with van der Waals surface area (Å²) in [6.45, 7) is 0. The average Bonchev–Trinajstić information content (AvgIpc) is 2.48. The Morgan fingerprint density at radius 3 is 2.43 bits per heavy atom. The highest BCUT2D eigenvalue weighted by atomic mass is 35.5. The smallest absolute Gasteiger partial charge is 0.335 e. The van der Waals surface area contributed by atoms with Gasteiger partial charge < -0.3 is 15.5 Å². The van der Waals surface area contributed by atoms with E-state index < -0.39 is 11.9 Å². The van der Waals surface area contributed by atoms with Gasteiger partial charge in [0.15, 0.2) is 0 Å². The van der Waals surface area contributed by atoms with Crippen LogP contribution in [-0.2, 0) is 4.79 Å². The number of phenolic OH excluding ortho intramolecular Hbond substituents is 1. The Bertz CT molecular complexity index is 803. The number of carbonyl (C=O) groups excluding carboxylic acids is 1.